The third kappa shape index (κ3) is 7.61. The van der Waals surface area contributed by atoms with Crippen molar-refractivity contribution in [2.24, 2.45) is 17.4 Å². The highest BCUT2D eigenvalue weighted by Crippen LogP contribution is 2.37. The summed E-state index contributed by atoms with van der Waals surface area (Å²) < 4.78 is 5.76. The number of aromatic nitrogens is 2. The summed E-state index contributed by atoms with van der Waals surface area (Å²) in [4.78, 5) is 47.3. The number of pyridine rings is 2. The second kappa shape index (κ2) is 14.0. The minimum Gasteiger partial charge on any atom is -0.494 e. The van der Waals surface area contributed by atoms with Gasteiger partial charge in [-0.3, -0.25) is 19.6 Å². The first-order valence-electron chi connectivity index (χ1n) is 13.9. The van der Waals surface area contributed by atoms with Crippen LogP contribution in [0.4, 0.5) is 5.69 Å². The predicted molar refractivity (Wildman–Crippen MR) is 168 cm³/mol. The fourth-order valence-electron chi connectivity index (χ4n) is 4.48. The Morgan fingerprint density at radius 2 is 1.89 bits per heavy atom. The fraction of sp³-hybridized carbons (Fsp3) is 0.250. The largest absolute Gasteiger partial charge is 0.494 e. The number of anilines is 1. The summed E-state index contributed by atoms with van der Waals surface area (Å²) in [6, 6.07) is 14.7. The van der Waals surface area contributed by atoms with Crippen LogP contribution >= 0.6 is 0 Å². The van der Waals surface area contributed by atoms with Gasteiger partial charge in [0.05, 0.1) is 36.4 Å². The lowest BCUT2D eigenvalue weighted by Gasteiger charge is -2.20. The Bertz CT molecular complexity index is 1650. The van der Waals surface area contributed by atoms with E-state index in [4.69, 9.17) is 16.2 Å². The van der Waals surface area contributed by atoms with Crippen LogP contribution in [-0.4, -0.2) is 53.8 Å². The van der Waals surface area contributed by atoms with E-state index in [1.165, 1.54) is 20.2 Å². The number of nitrogens with one attached hydrogen (secondary N) is 3. The van der Waals surface area contributed by atoms with Gasteiger partial charge in [0.2, 0.25) is 5.91 Å². The Hall–Kier alpha value is -5.61. The van der Waals surface area contributed by atoms with E-state index in [-0.39, 0.29) is 29.0 Å². The number of carbonyl (C=O) groups is 2. The number of hydrogen-bond acceptors (Lipinski definition) is 10. The average molecular weight is 597 g/mol. The fourth-order valence-corrected chi connectivity index (χ4v) is 4.48. The summed E-state index contributed by atoms with van der Waals surface area (Å²) >= 11 is 0. The zero-order chi connectivity index (χ0) is 31.8. The normalized spacial score (nSPS) is 13.2. The van der Waals surface area contributed by atoms with E-state index in [1.807, 2.05) is 43.2 Å². The zero-order valence-corrected chi connectivity index (χ0v) is 25.1. The molecule has 1 fully saturated rings. The number of allylic oxidation sites excluding steroid dienone is 1. The van der Waals surface area contributed by atoms with Gasteiger partial charge in [-0.15, -0.1) is 0 Å². The number of hydrogen-bond donors (Lipinski definition) is 5. The van der Waals surface area contributed by atoms with Gasteiger partial charge in [-0.1, -0.05) is 24.3 Å². The molecule has 0 saturated heterocycles. The van der Waals surface area contributed by atoms with E-state index in [9.17, 15) is 14.4 Å². The highest BCUT2D eigenvalue weighted by Gasteiger charge is 2.29. The van der Waals surface area contributed by atoms with Crippen LogP contribution in [-0.2, 0) is 20.9 Å². The summed E-state index contributed by atoms with van der Waals surface area (Å²) in [6.45, 7) is 2.32. The maximum atomic E-state index is 12.4. The Morgan fingerprint density at radius 3 is 2.50 bits per heavy atom. The maximum Gasteiger partial charge on any atom is 0.269 e. The highest BCUT2D eigenvalue weighted by atomic mass is 16.5. The Balaban J connectivity index is 1.61. The lowest BCUT2D eigenvalue weighted by Crippen LogP contribution is -2.31. The lowest BCUT2D eigenvalue weighted by atomic mass is 10.0. The number of carbonyl (C=O) groups excluding carboxylic acids is 3. The number of rotatable bonds is 12. The van der Waals surface area contributed by atoms with Crippen molar-refractivity contribution in [3.05, 3.63) is 95.1 Å². The van der Waals surface area contributed by atoms with Crippen LogP contribution in [0.1, 0.15) is 29.9 Å². The molecule has 0 radical (unpaired) electrons. The average Bonchev–Trinajstić information content (AvgIpc) is 3.86. The standard InChI is InChI=1S/C32H36N8O4/c1-19-7-5-8-22(37-19)17-40(3)27(18-41)24-14-13-21(16-36-24)23-9-6-10-25(30(23)44-4)38-26(29(34)32(43)35-2)15-28(33)39-31(42)20-11-12-20/h5-10,13-16,20,38H,11-12,17,33-34H2,1-4H3,(H,35,43)(H,39,42)/b28-15+,29-26+. The van der Waals surface area contributed by atoms with Crippen LogP contribution in [0, 0.1) is 12.8 Å². The minimum absolute atomic E-state index is 0.0355. The molecule has 44 heavy (non-hydrogen) atoms. The molecule has 1 aromatic carbocycles. The zero-order valence-electron chi connectivity index (χ0n) is 25.1. The van der Waals surface area contributed by atoms with Crippen molar-refractivity contribution < 1.29 is 19.1 Å². The molecule has 0 spiro atoms. The van der Waals surface area contributed by atoms with Crippen molar-refractivity contribution in [3.8, 4) is 16.9 Å². The van der Waals surface area contributed by atoms with Gasteiger partial charge in [0.15, 0.2) is 5.94 Å². The van der Waals surface area contributed by atoms with Gasteiger partial charge in [-0.05, 0) is 44.0 Å². The molecule has 3 aromatic rings. The molecule has 1 saturated carbocycles. The maximum absolute atomic E-state index is 12.4. The molecular formula is C32H36N8O4. The smallest absolute Gasteiger partial charge is 0.269 e. The molecule has 4 rings (SSSR count). The molecule has 0 atom stereocenters. The first-order chi connectivity index (χ1) is 21.1. The summed E-state index contributed by atoms with van der Waals surface area (Å²) in [5.41, 5.74) is 16.6. The SMILES string of the molecule is CNC(=O)/C(N)=C(/C=C(\N)NC(=O)C1CC1)Nc1cccc(-c2ccc(C(=C=O)N(C)Cc3cccc(C)n3)nc2)c1OC. The third-order valence-corrected chi connectivity index (χ3v) is 6.91. The molecule has 0 unspecified atom stereocenters. The second-order valence-electron chi connectivity index (χ2n) is 10.3. The van der Waals surface area contributed by atoms with Crippen molar-refractivity contribution in [2.45, 2.75) is 26.3 Å². The first kappa shape index (κ1) is 31.3. The number of methoxy groups -OCH3 is 1. The third-order valence-electron chi connectivity index (χ3n) is 6.91. The second-order valence-corrected chi connectivity index (χ2v) is 10.3. The van der Waals surface area contributed by atoms with Gasteiger partial charge in [-0.25, -0.2) is 4.79 Å². The molecule has 0 bridgehead atoms. The molecule has 2 amide bonds. The van der Waals surface area contributed by atoms with Gasteiger partial charge in [0.25, 0.3) is 5.91 Å². The Kier molecular flexibility index (Phi) is 9.99. The van der Waals surface area contributed by atoms with Crippen LogP contribution in [0.15, 0.2) is 78.0 Å². The van der Waals surface area contributed by atoms with Crippen LogP contribution in [0.2, 0.25) is 0 Å². The lowest BCUT2D eigenvalue weighted by molar-refractivity contribution is -0.121. The first-order valence-corrected chi connectivity index (χ1v) is 13.9. The van der Waals surface area contributed by atoms with Crippen molar-refractivity contribution in [1.29, 1.82) is 0 Å². The molecular weight excluding hydrogens is 560 g/mol. The topological polar surface area (TPSA) is 178 Å². The summed E-state index contributed by atoms with van der Waals surface area (Å²) in [7, 11) is 4.75. The number of nitrogens with two attached hydrogens (primary N) is 2. The molecule has 12 heteroatoms. The molecule has 1 aliphatic carbocycles. The highest BCUT2D eigenvalue weighted by molar-refractivity contribution is 5.94. The van der Waals surface area contributed by atoms with Gasteiger partial charge in [0.1, 0.15) is 23.0 Å². The monoisotopic (exact) mass is 596 g/mol. The molecule has 228 valence electrons. The van der Waals surface area contributed by atoms with Gasteiger partial charge in [-0.2, -0.15) is 0 Å². The van der Waals surface area contributed by atoms with E-state index in [0.717, 1.165) is 24.2 Å². The number of para-hydroxylation sites is 1. The quantitative estimate of drug-likeness (QED) is 0.118. The van der Waals surface area contributed by atoms with Gasteiger partial charge in [0, 0.05) is 49.1 Å². The number of amides is 2. The van der Waals surface area contributed by atoms with E-state index >= 15 is 0 Å². The van der Waals surface area contributed by atoms with E-state index in [1.54, 1.807) is 36.3 Å². The molecule has 2 aromatic heterocycles. The molecule has 12 nitrogen and oxygen atoms in total. The van der Waals surface area contributed by atoms with Crippen molar-refractivity contribution in [1.82, 2.24) is 25.5 Å². The van der Waals surface area contributed by atoms with E-state index in [0.29, 0.717) is 40.5 Å². The summed E-state index contributed by atoms with van der Waals surface area (Å²) in [5.74, 6) is 1.70. The number of aryl methyl sites for hydroxylation is 1. The molecule has 7 N–H and O–H groups in total. The van der Waals surface area contributed by atoms with Gasteiger partial charge >= 0.3 is 0 Å². The van der Waals surface area contributed by atoms with Crippen LogP contribution in [0.5, 0.6) is 5.75 Å². The summed E-state index contributed by atoms with van der Waals surface area (Å²) in [5, 5.41) is 8.25. The number of nitrogens with zero attached hydrogens (tertiary/aromatic N) is 3. The van der Waals surface area contributed by atoms with Crippen LogP contribution < -0.4 is 32.2 Å². The molecule has 1 aliphatic rings. The van der Waals surface area contributed by atoms with E-state index in [2.05, 4.69) is 25.9 Å². The van der Waals surface area contributed by atoms with Crippen molar-refractivity contribution in [3.63, 3.8) is 0 Å². The van der Waals surface area contributed by atoms with Crippen molar-refractivity contribution in [2.75, 3.05) is 26.5 Å². The molecule has 0 aliphatic heterocycles. The Labute approximate surface area is 255 Å². The van der Waals surface area contributed by atoms with Gasteiger partial charge < -0.3 is 37.1 Å². The number of benzene rings is 1. The van der Waals surface area contributed by atoms with Crippen molar-refractivity contribution >= 4 is 29.1 Å². The Morgan fingerprint density at radius 1 is 1.14 bits per heavy atom. The number of ether oxygens (including phenoxy) is 1. The van der Waals surface area contributed by atoms with Crippen LogP contribution in [0.25, 0.3) is 16.8 Å². The summed E-state index contributed by atoms with van der Waals surface area (Å²) in [6.07, 6.45) is 4.65. The van der Waals surface area contributed by atoms with E-state index < -0.39 is 5.91 Å². The predicted octanol–water partition coefficient (Wildman–Crippen LogP) is 2.42. The minimum atomic E-state index is -0.540. The number of likely N-dealkylation sites (N-methyl/N-ethyl adjacent to an activating group) is 1. The molecule has 2 heterocycles. The van der Waals surface area contributed by atoms with Crippen LogP contribution in [0.3, 0.4) is 0 Å².